The second-order valence-electron chi connectivity index (χ2n) is 4.43. The lowest BCUT2D eigenvalue weighted by Gasteiger charge is -2.05. The van der Waals surface area contributed by atoms with Crippen molar-refractivity contribution in [3.63, 3.8) is 0 Å². The number of aryl methyl sites for hydroxylation is 1. The van der Waals surface area contributed by atoms with Crippen LogP contribution in [0.2, 0.25) is 0 Å². The van der Waals surface area contributed by atoms with Gasteiger partial charge in [-0.2, -0.15) is 8.42 Å². The van der Waals surface area contributed by atoms with E-state index in [2.05, 4.69) is 4.98 Å². The number of halogens is 1. The molecule has 6 heteroatoms. The van der Waals surface area contributed by atoms with Crippen LogP contribution in [0, 0.1) is 6.92 Å². The van der Waals surface area contributed by atoms with Crippen molar-refractivity contribution in [3.8, 4) is 0 Å². The van der Waals surface area contributed by atoms with Gasteiger partial charge < -0.3 is 0 Å². The Labute approximate surface area is 106 Å². The SMILES string of the molecule is CCC(C)c1nc2c(C)cccn2c1S(=O)(=O)F. The largest absolute Gasteiger partial charge is 0.350 e. The smallest absolute Gasteiger partial charge is 0.288 e. The van der Waals surface area contributed by atoms with Crippen molar-refractivity contribution in [2.24, 2.45) is 0 Å². The van der Waals surface area contributed by atoms with Gasteiger partial charge in [-0.05, 0) is 25.0 Å². The van der Waals surface area contributed by atoms with Crippen molar-refractivity contribution in [3.05, 3.63) is 29.6 Å². The Balaban J connectivity index is 2.90. The molecule has 2 heterocycles. The Morgan fingerprint density at radius 3 is 2.72 bits per heavy atom. The van der Waals surface area contributed by atoms with E-state index in [-0.39, 0.29) is 10.9 Å². The van der Waals surface area contributed by atoms with E-state index in [1.54, 1.807) is 6.07 Å². The van der Waals surface area contributed by atoms with Gasteiger partial charge in [0.1, 0.15) is 5.65 Å². The van der Waals surface area contributed by atoms with Crippen LogP contribution in [-0.4, -0.2) is 17.8 Å². The van der Waals surface area contributed by atoms with Crippen molar-refractivity contribution in [1.82, 2.24) is 9.38 Å². The maximum absolute atomic E-state index is 13.5. The van der Waals surface area contributed by atoms with Crippen LogP contribution in [0.3, 0.4) is 0 Å². The van der Waals surface area contributed by atoms with Gasteiger partial charge >= 0.3 is 10.2 Å². The molecule has 0 aliphatic carbocycles. The van der Waals surface area contributed by atoms with Crippen LogP contribution in [0.25, 0.3) is 5.65 Å². The first-order chi connectivity index (χ1) is 8.36. The van der Waals surface area contributed by atoms with E-state index < -0.39 is 10.2 Å². The lowest BCUT2D eigenvalue weighted by Crippen LogP contribution is -2.04. The molecule has 0 aliphatic heterocycles. The summed E-state index contributed by atoms with van der Waals surface area (Å²) in [5.74, 6) is -0.107. The molecule has 98 valence electrons. The summed E-state index contributed by atoms with van der Waals surface area (Å²) in [4.78, 5) is 4.29. The molecule has 2 aromatic heterocycles. The molecule has 0 fully saturated rings. The van der Waals surface area contributed by atoms with Gasteiger partial charge in [0, 0.05) is 12.1 Å². The quantitative estimate of drug-likeness (QED) is 0.806. The van der Waals surface area contributed by atoms with Crippen molar-refractivity contribution < 1.29 is 12.3 Å². The van der Waals surface area contributed by atoms with Crippen LogP contribution in [0.1, 0.15) is 37.4 Å². The van der Waals surface area contributed by atoms with Crippen molar-refractivity contribution >= 4 is 15.9 Å². The summed E-state index contributed by atoms with van der Waals surface area (Å²) >= 11 is 0. The highest BCUT2D eigenvalue weighted by molar-refractivity contribution is 7.86. The number of hydrogen-bond donors (Lipinski definition) is 0. The van der Waals surface area contributed by atoms with Gasteiger partial charge in [-0.1, -0.05) is 23.8 Å². The van der Waals surface area contributed by atoms with Gasteiger partial charge in [0.2, 0.25) is 0 Å². The summed E-state index contributed by atoms with van der Waals surface area (Å²) < 4.78 is 37.5. The molecule has 4 nitrogen and oxygen atoms in total. The molecule has 0 saturated heterocycles. The molecule has 2 rings (SSSR count). The number of imidazole rings is 1. The van der Waals surface area contributed by atoms with Crippen LogP contribution in [0.5, 0.6) is 0 Å². The standard InChI is InChI=1S/C12H15FN2O2S/c1-4-8(2)10-12(18(13,16)17)15-7-5-6-9(3)11(15)14-10/h5-8H,4H2,1-3H3. The van der Waals surface area contributed by atoms with Crippen molar-refractivity contribution in [1.29, 1.82) is 0 Å². The van der Waals surface area contributed by atoms with Crippen molar-refractivity contribution in [2.45, 2.75) is 38.1 Å². The average molecular weight is 270 g/mol. The second-order valence-corrected chi connectivity index (χ2v) is 5.70. The molecule has 0 amide bonds. The predicted octanol–water partition coefficient (Wildman–Crippen LogP) is 2.81. The first-order valence-corrected chi connectivity index (χ1v) is 7.16. The Morgan fingerprint density at radius 2 is 2.17 bits per heavy atom. The van der Waals surface area contributed by atoms with Crippen LogP contribution in [-0.2, 0) is 10.2 Å². The number of rotatable bonds is 3. The fourth-order valence-corrected chi connectivity index (χ4v) is 2.84. The molecule has 2 aromatic rings. The highest BCUT2D eigenvalue weighted by atomic mass is 32.3. The van der Waals surface area contributed by atoms with Crippen molar-refractivity contribution in [2.75, 3.05) is 0 Å². The fraction of sp³-hybridized carbons (Fsp3) is 0.417. The van der Waals surface area contributed by atoms with Gasteiger partial charge in [-0.25, -0.2) is 4.98 Å². The Morgan fingerprint density at radius 1 is 1.50 bits per heavy atom. The first-order valence-electron chi connectivity index (χ1n) is 5.78. The van der Waals surface area contributed by atoms with E-state index in [9.17, 15) is 12.3 Å². The third-order valence-corrected chi connectivity index (χ3v) is 4.00. The summed E-state index contributed by atoms with van der Waals surface area (Å²) in [6, 6.07) is 3.50. The first kappa shape index (κ1) is 13.0. The molecule has 0 spiro atoms. The van der Waals surface area contributed by atoms with E-state index in [1.807, 2.05) is 26.8 Å². The van der Waals surface area contributed by atoms with Crippen LogP contribution < -0.4 is 0 Å². The predicted molar refractivity (Wildman–Crippen MR) is 66.9 cm³/mol. The van der Waals surface area contributed by atoms with Gasteiger partial charge in [0.25, 0.3) is 0 Å². The molecule has 0 saturated carbocycles. The molecule has 0 aromatic carbocycles. The lowest BCUT2D eigenvalue weighted by atomic mass is 10.1. The summed E-state index contributed by atoms with van der Waals surface area (Å²) in [5.41, 5.74) is 1.61. The zero-order valence-corrected chi connectivity index (χ0v) is 11.3. The van der Waals surface area contributed by atoms with E-state index in [0.29, 0.717) is 17.8 Å². The maximum Gasteiger partial charge on any atom is 0.350 e. The van der Waals surface area contributed by atoms with Gasteiger partial charge in [0.05, 0.1) is 5.69 Å². The zero-order chi connectivity index (χ0) is 13.5. The molecule has 0 N–H and O–H groups in total. The molecule has 0 aliphatic rings. The summed E-state index contributed by atoms with van der Waals surface area (Å²) in [6.07, 6.45) is 2.22. The number of nitrogens with zero attached hydrogens (tertiary/aromatic N) is 2. The summed E-state index contributed by atoms with van der Waals surface area (Å²) in [5, 5.41) is -0.337. The van der Waals surface area contributed by atoms with Gasteiger partial charge in [-0.15, -0.1) is 0 Å². The van der Waals surface area contributed by atoms with Gasteiger partial charge in [0.15, 0.2) is 5.03 Å². The van der Waals surface area contributed by atoms with E-state index in [1.165, 1.54) is 10.6 Å². The Bertz CT molecular complexity index is 691. The van der Waals surface area contributed by atoms with E-state index in [4.69, 9.17) is 0 Å². The highest BCUT2D eigenvalue weighted by Gasteiger charge is 2.27. The number of pyridine rings is 1. The average Bonchev–Trinajstić information content (AvgIpc) is 2.68. The maximum atomic E-state index is 13.5. The normalized spacial score (nSPS) is 14.0. The second kappa shape index (κ2) is 4.35. The molecule has 1 unspecified atom stereocenters. The fourth-order valence-electron chi connectivity index (χ4n) is 1.96. The molecular weight excluding hydrogens is 255 g/mol. The monoisotopic (exact) mass is 270 g/mol. The minimum atomic E-state index is -4.79. The van der Waals surface area contributed by atoms with E-state index >= 15 is 0 Å². The zero-order valence-electron chi connectivity index (χ0n) is 10.5. The topological polar surface area (TPSA) is 51.4 Å². The highest BCUT2D eigenvalue weighted by Crippen LogP contribution is 2.29. The number of aromatic nitrogens is 2. The van der Waals surface area contributed by atoms with Crippen LogP contribution in [0.15, 0.2) is 23.4 Å². The van der Waals surface area contributed by atoms with Crippen LogP contribution in [0.4, 0.5) is 3.89 Å². The number of fused-ring (bicyclic) bond motifs is 1. The molecule has 18 heavy (non-hydrogen) atoms. The van der Waals surface area contributed by atoms with Gasteiger partial charge in [-0.3, -0.25) is 4.40 Å². The molecular formula is C12H15FN2O2S. The Hall–Kier alpha value is -1.43. The molecule has 0 bridgehead atoms. The van der Waals surface area contributed by atoms with Crippen LogP contribution >= 0.6 is 0 Å². The lowest BCUT2D eigenvalue weighted by molar-refractivity contribution is 0.541. The third-order valence-electron chi connectivity index (χ3n) is 3.14. The Kier molecular flexibility index (Phi) is 3.14. The third kappa shape index (κ3) is 2.01. The minimum Gasteiger partial charge on any atom is -0.288 e. The minimum absolute atomic E-state index is 0.107. The summed E-state index contributed by atoms with van der Waals surface area (Å²) in [7, 11) is -4.79. The molecule has 1 atom stereocenters. The number of hydrogen-bond acceptors (Lipinski definition) is 3. The summed E-state index contributed by atoms with van der Waals surface area (Å²) in [6.45, 7) is 5.57. The van der Waals surface area contributed by atoms with E-state index in [0.717, 1.165) is 5.56 Å². The molecule has 0 radical (unpaired) electrons.